The maximum absolute atomic E-state index is 13.6. The number of rotatable bonds is 3. The maximum atomic E-state index is 13.6. The maximum Gasteiger partial charge on any atom is 0.233 e. The van der Waals surface area contributed by atoms with Crippen molar-refractivity contribution >= 4 is 5.91 Å². The number of hydrogen-bond donors (Lipinski definition) is 0. The third-order valence-corrected chi connectivity index (χ3v) is 5.87. The van der Waals surface area contributed by atoms with E-state index >= 15 is 0 Å². The van der Waals surface area contributed by atoms with E-state index < -0.39 is 5.41 Å². The van der Waals surface area contributed by atoms with Crippen molar-refractivity contribution in [2.75, 3.05) is 40.4 Å². The van der Waals surface area contributed by atoms with Gasteiger partial charge in [-0.2, -0.15) is 0 Å². The number of halogens is 1. The van der Waals surface area contributed by atoms with Crippen molar-refractivity contribution in [1.82, 2.24) is 9.80 Å². The molecule has 0 bridgehead atoms. The molecule has 25 heavy (non-hydrogen) atoms. The standard InChI is InChI=1S/C20H29FN2O2/c1-22(2)18-4-3-12-23(13-9-18)19(24)20(10-14-25-15-11-20)16-5-7-17(21)8-6-16/h5-8,18H,3-4,9-15H2,1-2H3. The van der Waals surface area contributed by atoms with Gasteiger partial charge in [-0.3, -0.25) is 4.79 Å². The molecule has 1 atom stereocenters. The largest absolute Gasteiger partial charge is 0.381 e. The lowest BCUT2D eigenvalue weighted by molar-refractivity contribution is -0.141. The average Bonchev–Trinajstić information content (AvgIpc) is 2.88. The minimum atomic E-state index is -0.566. The zero-order valence-corrected chi connectivity index (χ0v) is 15.3. The van der Waals surface area contributed by atoms with Crippen LogP contribution in [0.1, 0.15) is 37.7 Å². The van der Waals surface area contributed by atoms with Crippen LogP contribution in [0.15, 0.2) is 24.3 Å². The van der Waals surface area contributed by atoms with Gasteiger partial charge >= 0.3 is 0 Å². The zero-order valence-electron chi connectivity index (χ0n) is 15.3. The fourth-order valence-corrected chi connectivity index (χ4v) is 4.22. The number of likely N-dealkylation sites (tertiary alicyclic amines) is 1. The van der Waals surface area contributed by atoms with Gasteiger partial charge in [-0.1, -0.05) is 12.1 Å². The molecule has 2 aliphatic heterocycles. The van der Waals surface area contributed by atoms with Crippen molar-refractivity contribution in [3.05, 3.63) is 35.6 Å². The van der Waals surface area contributed by atoms with Gasteiger partial charge in [-0.15, -0.1) is 0 Å². The van der Waals surface area contributed by atoms with Crippen LogP contribution < -0.4 is 0 Å². The lowest BCUT2D eigenvalue weighted by Gasteiger charge is -2.40. The molecular formula is C20H29FN2O2. The lowest BCUT2D eigenvalue weighted by atomic mass is 9.73. The molecule has 0 aromatic heterocycles. The summed E-state index contributed by atoms with van der Waals surface area (Å²) in [4.78, 5) is 17.9. The van der Waals surface area contributed by atoms with E-state index in [1.165, 1.54) is 12.1 Å². The molecule has 1 amide bonds. The van der Waals surface area contributed by atoms with E-state index in [2.05, 4.69) is 19.0 Å². The van der Waals surface area contributed by atoms with Gasteiger partial charge in [0.05, 0.1) is 5.41 Å². The highest BCUT2D eigenvalue weighted by atomic mass is 19.1. The fraction of sp³-hybridized carbons (Fsp3) is 0.650. The van der Waals surface area contributed by atoms with Crippen LogP contribution in [0.4, 0.5) is 4.39 Å². The SMILES string of the molecule is CN(C)C1CCCN(C(=O)C2(c3ccc(F)cc3)CCOCC2)CC1. The van der Waals surface area contributed by atoms with Gasteiger partial charge in [0.25, 0.3) is 0 Å². The molecule has 1 aromatic carbocycles. The van der Waals surface area contributed by atoms with E-state index in [0.717, 1.165) is 37.9 Å². The first-order valence-corrected chi connectivity index (χ1v) is 9.32. The number of carbonyl (C=O) groups is 1. The quantitative estimate of drug-likeness (QED) is 0.842. The molecule has 0 N–H and O–H groups in total. The molecule has 4 nitrogen and oxygen atoms in total. The Kier molecular flexibility index (Phi) is 5.74. The molecule has 2 aliphatic rings. The second-order valence-corrected chi connectivity index (χ2v) is 7.54. The fourth-order valence-electron chi connectivity index (χ4n) is 4.22. The Balaban J connectivity index is 1.83. The van der Waals surface area contributed by atoms with Crippen LogP contribution >= 0.6 is 0 Å². The van der Waals surface area contributed by atoms with Gasteiger partial charge in [0.15, 0.2) is 0 Å². The van der Waals surface area contributed by atoms with Gasteiger partial charge in [0, 0.05) is 32.3 Å². The summed E-state index contributed by atoms with van der Waals surface area (Å²) in [6, 6.07) is 7.02. The van der Waals surface area contributed by atoms with Crippen LogP contribution in [-0.4, -0.2) is 62.1 Å². The molecule has 3 rings (SSSR count). The molecule has 0 saturated carbocycles. The van der Waals surface area contributed by atoms with Crippen molar-refractivity contribution in [1.29, 1.82) is 0 Å². The molecule has 2 heterocycles. The lowest BCUT2D eigenvalue weighted by Crippen LogP contribution is -2.50. The summed E-state index contributed by atoms with van der Waals surface area (Å²) in [6.07, 6.45) is 4.51. The topological polar surface area (TPSA) is 32.8 Å². The van der Waals surface area contributed by atoms with E-state index in [9.17, 15) is 9.18 Å². The Morgan fingerprint density at radius 3 is 2.48 bits per heavy atom. The van der Waals surface area contributed by atoms with Crippen LogP contribution in [0, 0.1) is 5.82 Å². The normalized spacial score (nSPS) is 24.2. The smallest absolute Gasteiger partial charge is 0.233 e. The number of amides is 1. The van der Waals surface area contributed by atoms with Crippen molar-refractivity contribution < 1.29 is 13.9 Å². The molecule has 138 valence electrons. The molecule has 0 radical (unpaired) electrons. The Morgan fingerprint density at radius 2 is 1.84 bits per heavy atom. The van der Waals surface area contributed by atoms with E-state index in [-0.39, 0.29) is 11.7 Å². The van der Waals surface area contributed by atoms with E-state index in [1.54, 1.807) is 12.1 Å². The Morgan fingerprint density at radius 1 is 1.16 bits per heavy atom. The predicted octanol–water partition coefficient (Wildman–Crippen LogP) is 2.82. The summed E-state index contributed by atoms with van der Waals surface area (Å²) in [5, 5.41) is 0. The summed E-state index contributed by atoms with van der Waals surface area (Å²) >= 11 is 0. The van der Waals surface area contributed by atoms with Crippen LogP contribution in [0.2, 0.25) is 0 Å². The van der Waals surface area contributed by atoms with Crippen LogP contribution in [0.3, 0.4) is 0 Å². The highest BCUT2D eigenvalue weighted by molar-refractivity contribution is 5.88. The molecule has 0 spiro atoms. The van der Waals surface area contributed by atoms with Crippen LogP contribution in [0.25, 0.3) is 0 Å². The number of nitrogens with zero attached hydrogens (tertiary/aromatic N) is 2. The number of ether oxygens (including phenoxy) is 1. The number of carbonyl (C=O) groups excluding carboxylic acids is 1. The molecule has 1 aromatic rings. The van der Waals surface area contributed by atoms with Crippen LogP contribution in [0.5, 0.6) is 0 Å². The molecule has 2 fully saturated rings. The third-order valence-electron chi connectivity index (χ3n) is 5.87. The highest BCUT2D eigenvalue weighted by Gasteiger charge is 2.44. The zero-order chi connectivity index (χ0) is 17.9. The number of benzene rings is 1. The van der Waals surface area contributed by atoms with Crippen molar-refractivity contribution in [2.24, 2.45) is 0 Å². The van der Waals surface area contributed by atoms with Crippen molar-refractivity contribution in [2.45, 2.75) is 43.6 Å². The molecule has 2 saturated heterocycles. The monoisotopic (exact) mass is 348 g/mol. The first-order chi connectivity index (χ1) is 12.0. The Labute approximate surface area is 149 Å². The second kappa shape index (κ2) is 7.83. The van der Waals surface area contributed by atoms with Crippen molar-refractivity contribution in [3.63, 3.8) is 0 Å². The van der Waals surface area contributed by atoms with E-state index in [4.69, 9.17) is 4.74 Å². The summed E-state index contributed by atoms with van der Waals surface area (Å²) in [6.45, 7) is 2.77. The van der Waals surface area contributed by atoms with Gasteiger partial charge in [-0.05, 0) is 63.9 Å². The highest BCUT2D eigenvalue weighted by Crippen LogP contribution is 2.37. The predicted molar refractivity (Wildman–Crippen MR) is 96.0 cm³/mol. The van der Waals surface area contributed by atoms with Crippen molar-refractivity contribution in [3.8, 4) is 0 Å². The van der Waals surface area contributed by atoms with Crippen LogP contribution in [-0.2, 0) is 14.9 Å². The molecule has 5 heteroatoms. The third kappa shape index (κ3) is 3.87. The first-order valence-electron chi connectivity index (χ1n) is 9.32. The Hall–Kier alpha value is -1.46. The second-order valence-electron chi connectivity index (χ2n) is 7.54. The van der Waals surface area contributed by atoms with Gasteiger partial charge in [-0.25, -0.2) is 4.39 Å². The molecule has 1 unspecified atom stereocenters. The summed E-state index contributed by atoms with van der Waals surface area (Å²) in [5.74, 6) is -0.0659. The minimum Gasteiger partial charge on any atom is -0.381 e. The molecule has 0 aliphatic carbocycles. The van der Waals surface area contributed by atoms with E-state index in [1.807, 2.05) is 4.90 Å². The Bertz CT molecular complexity index is 582. The van der Waals surface area contributed by atoms with Gasteiger partial charge < -0.3 is 14.5 Å². The molecular weight excluding hydrogens is 319 g/mol. The average molecular weight is 348 g/mol. The summed E-state index contributed by atoms with van der Waals surface area (Å²) < 4.78 is 18.9. The van der Waals surface area contributed by atoms with Gasteiger partial charge in [0.2, 0.25) is 5.91 Å². The van der Waals surface area contributed by atoms with Gasteiger partial charge in [0.1, 0.15) is 5.82 Å². The summed E-state index contributed by atoms with van der Waals surface area (Å²) in [5.41, 5.74) is 0.361. The number of hydrogen-bond acceptors (Lipinski definition) is 3. The minimum absolute atomic E-state index is 0.196. The van der Waals surface area contributed by atoms with E-state index in [0.29, 0.717) is 32.1 Å². The summed E-state index contributed by atoms with van der Waals surface area (Å²) in [7, 11) is 4.22. The first kappa shape index (κ1) is 18.3.